The number of Topliss-reactive ketones (excluding diaryl/α,β-unsaturated/α-hetero) is 1. The Balaban J connectivity index is 1.86. The van der Waals surface area contributed by atoms with Gasteiger partial charge in [-0.2, -0.15) is 5.10 Å². The van der Waals surface area contributed by atoms with Crippen LogP contribution in [0.5, 0.6) is 0 Å². The lowest BCUT2D eigenvalue weighted by Crippen LogP contribution is -2.49. The van der Waals surface area contributed by atoms with Crippen molar-refractivity contribution in [2.45, 2.75) is 12.5 Å². The van der Waals surface area contributed by atoms with Crippen LogP contribution in [0.1, 0.15) is 15.9 Å². The number of nitrogens with one attached hydrogen (secondary N) is 2. The van der Waals surface area contributed by atoms with E-state index in [4.69, 9.17) is 5.73 Å². The quantitative estimate of drug-likeness (QED) is 0.425. The standard InChI is InChI=1S/C23H23N5O4/c1-28-14-17(20(27-28)16-10-6-3-7-11-16)22(31)26-18(12-15-8-4-2-5-9-15)21(30)23(32)25-13-19(24)29/h2-11,14,18H,12-13H2,1H3,(H2,24,29)(H,25,32)(H,26,31). The second-order valence-corrected chi connectivity index (χ2v) is 7.16. The lowest BCUT2D eigenvalue weighted by Gasteiger charge is -2.17. The van der Waals surface area contributed by atoms with Crippen molar-refractivity contribution in [2.75, 3.05) is 6.54 Å². The van der Waals surface area contributed by atoms with E-state index in [1.807, 2.05) is 36.4 Å². The number of aromatic nitrogens is 2. The fourth-order valence-electron chi connectivity index (χ4n) is 3.17. The summed E-state index contributed by atoms with van der Waals surface area (Å²) >= 11 is 0. The predicted octanol–water partition coefficient (Wildman–Crippen LogP) is 0.599. The van der Waals surface area contributed by atoms with Gasteiger partial charge >= 0.3 is 0 Å². The molecule has 9 heteroatoms. The highest BCUT2D eigenvalue weighted by Gasteiger charge is 2.29. The SMILES string of the molecule is Cn1cc(C(=O)NC(Cc2ccccc2)C(=O)C(=O)NCC(N)=O)c(-c2ccccc2)n1. The minimum absolute atomic E-state index is 0.0936. The number of nitrogens with zero attached hydrogens (tertiary/aromatic N) is 2. The average Bonchev–Trinajstić information content (AvgIpc) is 3.19. The van der Waals surface area contributed by atoms with E-state index in [1.54, 1.807) is 37.5 Å². The summed E-state index contributed by atoms with van der Waals surface area (Å²) in [7, 11) is 1.69. The highest BCUT2D eigenvalue weighted by atomic mass is 16.2. The van der Waals surface area contributed by atoms with Crippen LogP contribution in [0.3, 0.4) is 0 Å². The predicted molar refractivity (Wildman–Crippen MR) is 117 cm³/mol. The van der Waals surface area contributed by atoms with E-state index in [-0.39, 0.29) is 12.0 Å². The molecule has 0 fully saturated rings. The molecular weight excluding hydrogens is 410 g/mol. The van der Waals surface area contributed by atoms with E-state index in [9.17, 15) is 19.2 Å². The van der Waals surface area contributed by atoms with Crippen molar-refractivity contribution in [3.8, 4) is 11.3 Å². The zero-order valence-corrected chi connectivity index (χ0v) is 17.4. The van der Waals surface area contributed by atoms with Crippen LogP contribution >= 0.6 is 0 Å². The molecule has 32 heavy (non-hydrogen) atoms. The smallest absolute Gasteiger partial charge is 0.290 e. The molecule has 0 bridgehead atoms. The van der Waals surface area contributed by atoms with Crippen LogP contribution in [-0.2, 0) is 27.9 Å². The Bertz CT molecular complexity index is 1130. The second kappa shape index (κ2) is 10.2. The molecule has 0 aliphatic heterocycles. The van der Waals surface area contributed by atoms with Gasteiger partial charge in [0.25, 0.3) is 11.8 Å². The summed E-state index contributed by atoms with van der Waals surface area (Å²) in [5, 5.41) is 9.19. The lowest BCUT2D eigenvalue weighted by atomic mass is 10.0. The summed E-state index contributed by atoms with van der Waals surface area (Å²) in [6, 6.07) is 17.0. The van der Waals surface area contributed by atoms with Crippen LogP contribution < -0.4 is 16.4 Å². The molecule has 0 aliphatic rings. The molecule has 0 saturated carbocycles. The van der Waals surface area contributed by atoms with E-state index >= 15 is 0 Å². The maximum Gasteiger partial charge on any atom is 0.290 e. The molecular formula is C23H23N5O4. The first-order chi connectivity index (χ1) is 15.3. The number of hydrogen-bond acceptors (Lipinski definition) is 5. The molecule has 1 aromatic heterocycles. The number of benzene rings is 2. The van der Waals surface area contributed by atoms with Gasteiger partial charge in [-0.05, 0) is 5.56 Å². The maximum atomic E-state index is 13.1. The summed E-state index contributed by atoms with van der Waals surface area (Å²) in [4.78, 5) is 49.1. The van der Waals surface area contributed by atoms with Crippen LogP contribution in [0.4, 0.5) is 0 Å². The summed E-state index contributed by atoms with van der Waals surface area (Å²) < 4.78 is 1.50. The molecule has 0 saturated heterocycles. The number of aryl methyl sites for hydroxylation is 1. The van der Waals surface area contributed by atoms with Crippen molar-refractivity contribution in [1.29, 1.82) is 0 Å². The topological polar surface area (TPSA) is 136 Å². The van der Waals surface area contributed by atoms with E-state index < -0.39 is 36.1 Å². The highest BCUT2D eigenvalue weighted by Crippen LogP contribution is 2.21. The first-order valence-electron chi connectivity index (χ1n) is 9.89. The zero-order chi connectivity index (χ0) is 23.1. The second-order valence-electron chi connectivity index (χ2n) is 7.16. The molecule has 4 N–H and O–H groups in total. The van der Waals surface area contributed by atoms with Gasteiger partial charge in [0.1, 0.15) is 11.7 Å². The van der Waals surface area contributed by atoms with Gasteiger partial charge in [0.15, 0.2) is 0 Å². The Kier molecular flexibility index (Phi) is 7.12. The van der Waals surface area contributed by atoms with E-state index in [1.165, 1.54) is 4.68 Å². The van der Waals surface area contributed by atoms with Crippen LogP contribution in [0.25, 0.3) is 11.3 Å². The Labute approximate surface area is 184 Å². The number of carbonyl (C=O) groups excluding carboxylic acids is 4. The Morgan fingerprint density at radius 1 is 1.00 bits per heavy atom. The fraction of sp³-hybridized carbons (Fsp3) is 0.174. The summed E-state index contributed by atoms with van der Waals surface area (Å²) in [5.41, 5.74) is 7.24. The normalized spacial score (nSPS) is 11.4. The molecule has 0 aliphatic carbocycles. The minimum atomic E-state index is -1.15. The monoisotopic (exact) mass is 433 g/mol. The first-order valence-corrected chi connectivity index (χ1v) is 9.89. The Hall–Kier alpha value is -4.27. The molecule has 164 valence electrons. The third kappa shape index (κ3) is 5.66. The van der Waals surface area contributed by atoms with E-state index in [2.05, 4.69) is 15.7 Å². The van der Waals surface area contributed by atoms with Gasteiger partial charge in [-0.25, -0.2) is 0 Å². The van der Waals surface area contributed by atoms with Gasteiger partial charge in [-0.15, -0.1) is 0 Å². The fourth-order valence-corrected chi connectivity index (χ4v) is 3.17. The van der Waals surface area contributed by atoms with Gasteiger partial charge in [0.2, 0.25) is 11.7 Å². The summed E-state index contributed by atoms with van der Waals surface area (Å²) in [6.07, 6.45) is 1.64. The van der Waals surface area contributed by atoms with Gasteiger partial charge in [-0.1, -0.05) is 60.7 Å². The van der Waals surface area contributed by atoms with Gasteiger partial charge in [0.05, 0.1) is 12.1 Å². The van der Waals surface area contributed by atoms with Crippen LogP contribution in [-0.4, -0.2) is 45.9 Å². The summed E-state index contributed by atoms with van der Waals surface area (Å²) in [6.45, 7) is -0.475. The molecule has 1 atom stereocenters. The van der Waals surface area contributed by atoms with Gasteiger partial charge in [-0.3, -0.25) is 23.9 Å². The number of carbonyl (C=O) groups is 4. The third-order valence-electron chi connectivity index (χ3n) is 4.67. The van der Waals surface area contributed by atoms with Gasteiger partial charge in [0, 0.05) is 25.2 Å². The average molecular weight is 433 g/mol. The molecule has 2 aromatic carbocycles. The number of rotatable bonds is 9. The highest BCUT2D eigenvalue weighted by molar-refractivity contribution is 6.38. The number of amides is 3. The van der Waals surface area contributed by atoms with Crippen molar-refractivity contribution < 1.29 is 19.2 Å². The van der Waals surface area contributed by atoms with Crippen LogP contribution in [0, 0.1) is 0 Å². The third-order valence-corrected chi connectivity index (χ3v) is 4.67. The number of nitrogens with two attached hydrogens (primary N) is 1. The minimum Gasteiger partial charge on any atom is -0.368 e. The molecule has 3 amide bonds. The van der Waals surface area contributed by atoms with Crippen molar-refractivity contribution in [1.82, 2.24) is 20.4 Å². The van der Waals surface area contributed by atoms with Crippen molar-refractivity contribution >= 4 is 23.5 Å². The number of ketones is 1. The zero-order valence-electron chi connectivity index (χ0n) is 17.4. The molecule has 0 radical (unpaired) electrons. The lowest BCUT2D eigenvalue weighted by molar-refractivity contribution is -0.139. The summed E-state index contributed by atoms with van der Waals surface area (Å²) in [5.74, 6) is -3.21. The largest absolute Gasteiger partial charge is 0.368 e. The molecule has 1 heterocycles. The van der Waals surface area contributed by atoms with Crippen molar-refractivity contribution in [3.05, 3.63) is 78.0 Å². The van der Waals surface area contributed by atoms with Gasteiger partial charge < -0.3 is 16.4 Å². The number of hydrogen-bond donors (Lipinski definition) is 3. The maximum absolute atomic E-state index is 13.1. The van der Waals surface area contributed by atoms with E-state index in [0.29, 0.717) is 5.69 Å². The molecule has 3 rings (SSSR count). The first kappa shape index (κ1) is 22.4. The Morgan fingerprint density at radius 2 is 1.62 bits per heavy atom. The van der Waals surface area contributed by atoms with Crippen LogP contribution in [0.15, 0.2) is 66.9 Å². The van der Waals surface area contributed by atoms with E-state index in [0.717, 1.165) is 11.1 Å². The number of primary amides is 1. The van der Waals surface area contributed by atoms with Crippen molar-refractivity contribution in [3.63, 3.8) is 0 Å². The molecule has 1 unspecified atom stereocenters. The van der Waals surface area contributed by atoms with Crippen molar-refractivity contribution in [2.24, 2.45) is 12.8 Å². The van der Waals surface area contributed by atoms with Crippen LogP contribution in [0.2, 0.25) is 0 Å². The molecule has 9 nitrogen and oxygen atoms in total. The molecule has 3 aromatic rings. The molecule has 0 spiro atoms. The Morgan fingerprint density at radius 3 is 2.25 bits per heavy atom.